The molecule has 0 fully saturated rings. The summed E-state index contributed by atoms with van der Waals surface area (Å²) in [5.74, 6) is -0.822. The zero-order valence-electron chi connectivity index (χ0n) is 17.2. The van der Waals surface area contributed by atoms with Crippen LogP contribution in [0, 0.1) is 0 Å². The highest BCUT2D eigenvalue weighted by Crippen LogP contribution is 2.45. The summed E-state index contributed by atoms with van der Waals surface area (Å²) in [6.45, 7) is 0.291. The Morgan fingerprint density at radius 2 is 1.62 bits per heavy atom. The fourth-order valence-corrected chi connectivity index (χ4v) is 4.58. The summed E-state index contributed by atoms with van der Waals surface area (Å²) in [6.07, 6.45) is -0.363. The first kappa shape index (κ1) is 20.4. The van der Waals surface area contributed by atoms with Crippen molar-refractivity contribution in [2.45, 2.75) is 18.6 Å². The fraction of sp³-hybridized carbons (Fsp3) is 0.111. The number of aliphatic hydroxyl groups is 1. The molecular formula is C27H20ClNO3. The molecule has 0 saturated heterocycles. The molecule has 5 rings (SSSR count). The van der Waals surface area contributed by atoms with Crippen molar-refractivity contribution in [1.82, 2.24) is 0 Å². The fourth-order valence-electron chi connectivity index (χ4n) is 4.41. The van der Waals surface area contributed by atoms with Crippen molar-refractivity contribution < 1.29 is 14.7 Å². The van der Waals surface area contributed by atoms with E-state index in [2.05, 4.69) is 0 Å². The number of amides is 1. The molecule has 0 saturated carbocycles. The molecule has 0 radical (unpaired) electrons. The highest BCUT2D eigenvalue weighted by atomic mass is 35.5. The van der Waals surface area contributed by atoms with Gasteiger partial charge in [-0.1, -0.05) is 84.4 Å². The van der Waals surface area contributed by atoms with Gasteiger partial charge in [-0.3, -0.25) is 9.59 Å². The van der Waals surface area contributed by atoms with Crippen LogP contribution in [0.3, 0.4) is 0 Å². The summed E-state index contributed by atoms with van der Waals surface area (Å²) in [6, 6.07) is 27.6. The second-order valence-corrected chi connectivity index (χ2v) is 8.46. The van der Waals surface area contributed by atoms with E-state index < -0.39 is 11.5 Å². The van der Waals surface area contributed by atoms with Crippen LogP contribution < -0.4 is 4.90 Å². The summed E-state index contributed by atoms with van der Waals surface area (Å²) < 4.78 is 0. The Labute approximate surface area is 190 Å². The van der Waals surface area contributed by atoms with Gasteiger partial charge in [0.1, 0.15) is 0 Å². The topological polar surface area (TPSA) is 57.6 Å². The van der Waals surface area contributed by atoms with Crippen molar-refractivity contribution >= 4 is 39.8 Å². The molecule has 5 heteroatoms. The summed E-state index contributed by atoms with van der Waals surface area (Å²) in [5.41, 5.74) is 0.347. The predicted molar refractivity (Wildman–Crippen MR) is 126 cm³/mol. The predicted octanol–water partition coefficient (Wildman–Crippen LogP) is 5.50. The number of Topliss-reactive ketones (excluding diaryl/α,β-unsaturated/α-hetero) is 1. The molecule has 1 atom stereocenters. The van der Waals surface area contributed by atoms with Crippen molar-refractivity contribution in [3.63, 3.8) is 0 Å². The van der Waals surface area contributed by atoms with E-state index >= 15 is 0 Å². The Hall–Kier alpha value is -3.47. The third-order valence-corrected chi connectivity index (χ3v) is 6.22. The first-order chi connectivity index (χ1) is 15.5. The molecular weight excluding hydrogens is 422 g/mol. The minimum atomic E-state index is -1.98. The lowest BCUT2D eigenvalue weighted by Gasteiger charge is -2.23. The van der Waals surface area contributed by atoms with E-state index in [9.17, 15) is 14.7 Å². The Morgan fingerprint density at radius 3 is 2.44 bits per heavy atom. The molecule has 0 aliphatic carbocycles. The van der Waals surface area contributed by atoms with E-state index in [1.54, 1.807) is 24.3 Å². The Bertz CT molecular complexity index is 1350. The Balaban J connectivity index is 1.55. The molecule has 1 heterocycles. The number of carbonyl (C=O) groups is 2. The van der Waals surface area contributed by atoms with Crippen LogP contribution in [0.2, 0.25) is 5.02 Å². The molecule has 1 aliphatic rings. The maximum atomic E-state index is 13.5. The van der Waals surface area contributed by atoms with E-state index in [4.69, 9.17) is 11.6 Å². The summed E-state index contributed by atoms with van der Waals surface area (Å²) in [5, 5.41) is 13.7. The van der Waals surface area contributed by atoms with E-state index in [-0.39, 0.29) is 12.2 Å². The average molecular weight is 442 g/mol. The molecule has 4 aromatic rings. The van der Waals surface area contributed by atoms with E-state index in [1.165, 1.54) is 4.90 Å². The van der Waals surface area contributed by atoms with Crippen molar-refractivity contribution in [2.75, 3.05) is 4.90 Å². The van der Waals surface area contributed by atoms with Gasteiger partial charge in [-0.2, -0.15) is 0 Å². The molecule has 4 nitrogen and oxygen atoms in total. The van der Waals surface area contributed by atoms with Crippen LogP contribution in [0.15, 0.2) is 91.0 Å². The zero-order valence-corrected chi connectivity index (χ0v) is 17.9. The second kappa shape index (κ2) is 7.90. The van der Waals surface area contributed by atoms with Crippen molar-refractivity contribution in [3.05, 3.63) is 113 Å². The number of benzene rings is 4. The Morgan fingerprint density at radius 1 is 0.906 bits per heavy atom. The molecule has 32 heavy (non-hydrogen) atoms. The number of anilines is 1. The van der Waals surface area contributed by atoms with Gasteiger partial charge in [0.05, 0.1) is 18.7 Å². The van der Waals surface area contributed by atoms with Gasteiger partial charge in [-0.15, -0.1) is 0 Å². The van der Waals surface area contributed by atoms with Gasteiger partial charge in [-0.05, 0) is 34.5 Å². The maximum Gasteiger partial charge on any atom is 0.264 e. The molecule has 1 N–H and O–H groups in total. The van der Waals surface area contributed by atoms with Crippen LogP contribution >= 0.6 is 11.6 Å². The van der Waals surface area contributed by atoms with E-state index in [0.29, 0.717) is 28.4 Å². The molecule has 0 spiro atoms. The quantitative estimate of drug-likeness (QED) is 0.416. The lowest BCUT2D eigenvalue weighted by molar-refractivity contribution is -0.136. The largest absolute Gasteiger partial charge is 0.375 e. The number of carbonyl (C=O) groups excluding carboxylic acids is 2. The van der Waals surface area contributed by atoms with E-state index in [1.807, 2.05) is 66.7 Å². The molecule has 4 aromatic carbocycles. The van der Waals surface area contributed by atoms with Gasteiger partial charge in [0, 0.05) is 16.1 Å². The molecule has 1 aliphatic heterocycles. The van der Waals surface area contributed by atoms with Crippen LogP contribution in [0.5, 0.6) is 0 Å². The number of halogens is 1. The van der Waals surface area contributed by atoms with Gasteiger partial charge in [-0.25, -0.2) is 0 Å². The standard InChI is InChI=1S/C27H20ClNO3/c28-20-13-14-24-23(15-20)27(32,26(31)29(24)17-18-7-2-1-3-8-18)16-25(30)22-12-6-10-19-9-4-5-11-21(19)22/h1-15,32H,16-17H2/t27-/m0/s1. The highest BCUT2D eigenvalue weighted by molar-refractivity contribution is 6.31. The van der Waals surface area contributed by atoms with Gasteiger partial charge < -0.3 is 10.0 Å². The number of rotatable bonds is 5. The van der Waals surface area contributed by atoms with Crippen LogP contribution in [0.25, 0.3) is 10.8 Å². The number of hydrogen-bond donors (Lipinski definition) is 1. The first-order valence-electron chi connectivity index (χ1n) is 10.4. The summed E-state index contributed by atoms with van der Waals surface area (Å²) in [4.78, 5) is 28.4. The molecule has 0 aromatic heterocycles. The lowest BCUT2D eigenvalue weighted by Crippen LogP contribution is -2.41. The lowest BCUT2D eigenvalue weighted by atomic mass is 9.87. The number of nitrogens with zero attached hydrogens (tertiary/aromatic N) is 1. The smallest absolute Gasteiger partial charge is 0.264 e. The average Bonchev–Trinajstić information content (AvgIpc) is 3.00. The minimum Gasteiger partial charge on any atom is -0.375 e. The third kappa shape index (κ3) is 3.38. The minimum absolute atomic E-state index is 0.291. The molecule has 1 amide bonds. The number of ketones is 1. The Kier molecular flexibility index (Phi) is 5.04. The molecule has 158 valence electrons. The monoisotopic (exact) mass is 441 g/mol. The second-order valence-electron chi connectivity index (χ2n) is 8.03. The van der Waals surface area contributed by atoms with Crippen molar-refractivity contribution in [1.29, 1.82) is 0 Å². The van der Waals surface area contributed by atoms with Gasteiger partial charge in [0.25, 0.3) is 5.91 Å². The van der Waals surface area contributed by atoms with Crippen LogP contribution in [-0.4, -0.2) is 16.8 Å². The summed E-state index contributed by atoms with van der Waals surface area (Å²) >= 11 is 6.21. The SMILES string of the molecule is O=C(C[C@@]1(O)C(=O)N(Cc2ccccc2)c2ccc(Cl)cc21)c1cccc2ccccc12. The molecule has 0 unspecified atom stereocenters. The van der Waals surface area contributed by atoms with Crippen LogP contribution in [0.4, 0.5) is 5.69 Å². The number of hydrogen-bond acceptors (Lipinski definition) is 3. The third-order valence-electron chi connectivity index (χ3n) is 5.98. The van der Waals surface area contributed by atoms with Crippen LogP contribution in [0.1, 0.15) is 27.9 Å². The van der Waals surface area contributed by atoms with Crippen molar-refractivity contribution in [3.8, 4) is 0 Å². The first-order valence-corrected chi connectivity index (χ1v) is 10.7. The van der Waals surface area contributed by atoms with E-state index in [0.717, 1.165) is 16.3 Å². The number of fused-ring (bicyclic) bond motifs is 2. The maximum absolute atomic E-state index is 13.5. The van der Waals surface area contributed by atoms with Gasteiger partial charge in [0.15, 0.2) is 11.4 Å². The zero-order chi connectivity index (χ0) is 22.3. The van der Waals surface area contributed by atoms with Gasteiger partial charge >= 0.3 is 0 Å². The normalized spacial score (nSPS) is 17.6. The molecule has 0 bridgehead atoms. The van der Waals surface area contributed by atoms with Crippen LogP contribution in [-0.2, 0) is 16.9 Å². The van der Waals surface area contributed by atoms with Gasteiger partial charge in [0.2, 0.25) is 0 Å². The highest BCUT2D eigenvalue weighted by Gasteiger charge is 2.51. The van der Waals surface area contributed by atoms with Crippen molar-refractivity contribution in [2.24, 2.45) is 0 Å². The summed E-state index contributed by atoms with van der Waals surface area (Å²) in [7, 11) is 0.